The molecule has 6 heteroatoms. The lowest BCUT2D eigenvalue weighted by atomic mass is 9.59. The van der Waals surface area contributed by atoms with Crippen molar-refractivity contribution in [2.24, 2.45) is 5.92 Å². The van der Waals surface area contributed by atoms with Gasteiger partial charge >= 0.3 is 0 Å². The predicted molar refractivity (Wildman–Crippen MR) is 81.8 cm³/mol. The summed E-state index contributed by atoms with van der Waals surface area (Å²) < 4.78 is 2.95. The predicted octanol–water partition coefficient (Wildman–Crippen LogP) is 3.82. The van der Waals surface area contributed by atoms with Crippen LogP contribution in [0.4, 0.5) is 0 Å². The van der Waals surface area contributed by atoms with Crippen LogP contribution >= 0.6 is 27.5 Å². The maximum atomic E-state index is 6.01. The van der Waals surface area contributed by atoms with Gasteiger partial charge in [0.1, 0.15) is 17.3 Å². The molecule has 2 aromatic rings. The van der Waals surface area contributed by atoms with E-state index < -0.39 is 0 Å². The molecule has 20 heavy (non-hydrogen) atoms. The van der Waals surface area contributed by atoms with Crippen molar-refractivity contribution in [3.05, 3.63) is 39.6 Å². The molecular weight excluding hydrogens is 340 g/mol. The maximum Gasteiger partial charge on any atom is 0.143 e. The number of aryl methyl sites for hydroxylation is 1. The number of pyridine rings is 1. The Morgan fingerprint density at radius 3 is 2.85 bits per heavy atom. The maximum absolute atomic E-state index is 6.01. The van der Waals surface area contributed by atoms with E-state index in [1.165, 1.54) is 0 Å². The van der Waals surface area contributed by atoms with Gasteiger partial charge in [0.2, 0.25) is 0 Å². The molecule has 106 valence electrons. The van der Waals surface area contributed by atoms with E-state index in [1.54, 1.807) is 6.33 Å². The lowest BCUT2D eigenvalue weighted by Crippen LogP contribution is -2.43. The highest BCUT2D eigenvalue weighted by atomic mass is 79.9. The largest absolute Gasteiger partial charge is 0.317 e. The van der Waals surface area contributed by atoms with Crippen LogP contribution in [0.2, 0.25) is 5.15 Å². The zero-order valence-electron chi connectivity index (χ0n) is 11.5. The van der Waals surface area contributed by atoms with Crippen LogP contribution in [0.25, 0.3) is 0 Å². The summed E-state index contributed by atoms with van der Waals surface area (Å²) in [4.78, 5) is 4.28. The SMILES string of the molecule is CCn1cnnc1C1(c2cnc(Cl)c(Br)c2)CC(C)C1. The third kappa shape index (κ3) is 2.07. The van der Waals surface area contributed by atoms with Gasteiger partial charge in [-0.25, -0.2) is 4.98 Å². The van der Waals surface area contributed by atoms with Crippen molar-refractivity contribution in [3.63, 3.8) is 0 Å². The molecule has 0 amide bonds. The van der Waals surface area contributed by atoms with Crippen molar-refractivity contribution >= 4 is 27.5 Å². The zero-order chi connectivity index (χ0) is 14.3. The van der Waals surface area contributed by atoms with E-state index in [2.05, 4.69) is 55.6 Å². The topological polar surface area (TPSA) is 43.6 Å². The van der Waals surface area contributed by atoms with Crippen molar-refractivity contribution in [2.75, 3.05) is 0 Å². The van der Waals surface area contributed by atoms with Gasteiger partial charge in [0.15, 0.2) is 0 Å². The van der Waals surface area contributed by atoms with E-state index in [1.807, 2.05) is 6.20 Å². The fraction of sp³-hybridized carbons (Fsp3) is 0.500. The van der Waals surface area contributed by atoms with Crippen LogP contribution in [0.15, 0.2) is 23.1 Å². The molecule has 0 radical (unpaired) electrons. The van der Waals surface area contributed by atoms with E-state index in [0.29, 0.717) is 11.1 Å². The van der Waals surface area contributed by atoms with E-state index in [0.717, 1.165) is 35.2 Å². The van der Waals surface area contributed by atoms with Crippen molar-refractivity contribution < 1.29 is 0 Å². The monoisotopic (exact) mass is 354 g/mol. The molecule has 1 saturated carbocycles. The molecule has 0 aliphatic heterocycles. The normalized spacial score (nSPS) is 25.5. The highest BCUT2D eigenvalue weighted by Crippen LogP contribution is 2.51. The number of rotatable bonds is 3. The summed E-state index contributed by atoms with van der Waals surface area (Å²) in [6, 6.07) is 2.07. The molecule has 0 aromatic carbocycles. The summed E-state index contributed by atoms with van der Waals surface area (Å²) in [7, 11) is 0. The van der Waals surface area contributed by atoms with Crippen molar-refractivity contribution in [2.45, 2.75) is 38.6 Å². The standard InChI is InChI=1S/C14H16BrClN4/c1-3-20-8-18-19-13(20)14(5-9(2)6-14)10-4-11(15)12(16)17-7-10/h4,7-9H,3,5-6H2,1-2H3. The molecule has 3 rings (SSSR count). The molecule has 0 atom stereocenters. The van der Waals surface area contributed by atoms with Crippen molar-refractivity contribution in [1.82, 2.24) is 19.7 Å². The molecule has 4 nitrogen and oxygen atoms in total. The summed E-state index contributed by atoms with van der Waals surface area (Å²) in [5, 5.41) is 8.96. The Labute approximate surface area is 131 Å². The Balaban J connectivity index is 2.11. The van der Waals surface area contributed by atoms with Crippen molar-refractivity contribution in [1.29, 1.82) is 0 Å². The van der Waals surface area contributed by atoms with Crippen LogP contribution in [0, 0.1) is 5.92 Å². The Morgan fingerprint density at radius 1 is 1.50 bits per heavy atom. The van der Waals surface area contributed by atoms with Crippen molar-refractivity contribution in [3.8, 4) is 0 Å². The van der Waals surface area contributed by atoms with Crippen LogP contribution in [-0.2, 0) is 12.0 Å². The summed E-state index contributed by atoms with van der Waals surface area (Å²) in [5.41, 5.74) is 1.08. The second-order valence-electron chi connectivity index (χ2n) is 5.53. The van der Waals surface area contributed by atoms with Gasteiger partial charge in [0.25, 0.3) is 0 Å². The highest BCUT2D eigenvalue weighted by molar-refractivity contribution is 9.10. The molecule has 1 aliphatic rings. The van der Waals surface area contributed by atoms with E-state index >= 15 is 0 Å². The third-order valence-electron chi connectivity index (χ3n) is 4.13. The Bertz CT molecular complexity index is 634. The van der Waals surface area contributed by atoms with Gasteiger partial charge in [0, 0.05) is 12.7 Å². The Hall–Kier alpha value is -0.940. The average Bonchev–Trinajstić information content (AvgIpc) is 2.86. The highest BCUT2D eigenvalue weighted by Gasteiger charge is 2.48. The van der Waals surface area contributed by atoms with Crippen LogP contribution in [0.1, 0.15) is 38.1 Å². The third-order valence-corrected chi connectivity index (χ3v) is 5.26. The zero-order valence-corrected chi connectivity index (χ0v) is 13.8. The number of nitrogens with zero attached hydrogens (tertiary/aromatic N) is 4. The molecule has 0 N–H and O–H groups in total. The lowest BCUT2D eigenvalue weighted by molar-refractivity contribution is 0.183. The minimum atomic E-state index is -0.0773. The Morgan fingerprint density at radius 2 is 2.25 bits per heavy atom. The van der Waals surface area contributed by atoms with Gasteiger partial charge in [0.05, 0.1) is 9.89 Å². The van der Waals surface area contributed by atoms with Gasteiger partial charge in [-0.3, -0.25) is 0 Å². The first-order chi connectivity index (χ1) is 9.56. The number of aromatic nitrogens is 4. The lowest BCUT2D eigenvalue weighted by Gasteiger charge is -2.46. The van der Waals surface area contributed by atoms with Crippen LogP contribution in [0.5, 0.6) is 0 Å². The van der Waals surface area contributed by atoms with Gasteiger partial charge in [-0.2, -0.15) is 0 Å². The fourth-order valence-electron chi connectivity index (χ4n) is 3.22. The van der Waals surface area contributed by atoms with Crippen LogP contribution < -0.4 is 0 Å². The number of hydrogen-bond donors (Lipinski definition) is 0. The van der Waals surface area contributed by atoms with Crippen LogP contribution in [-0.4, -0.2) is 19.7 Å². The second-order valence-corrected chi connectivity index (χ2v) is 6.75. The quantitative estimate of drug-likeness (QED) is 0.786. The van der Waals surface area contributed by atoms with Gasteiger partial charge in [-0.05, 0) is 53.2 Å². The number of halogens is 2. The van der Waals surface area contributed by atoms with E-state index in [-0.39, 0.29) is 5.41 Å². The Kier molecular flexibility index (Phi) is 3.58. The van der Waals surface area contributed by atoms with Gasteiger partial charge in [-0.15, -0.1) is 10.2 Å². The van der Waals surface area contributed by atoms with E-state index in [4.69, 9.17) is 11.6 Å². The smallest absolute Gasteiger partial charge is 0.143 e. The molecule has 0 saturated heterocycles. The minimum Gasteiger partial charge on any atom is -0.317 e. The second kappa shape index (κ2) is 5.11. The summed E-state index contributed by atoms with van der Waals surface area (Å²) >= 11 is 9.48. The average molecular weight is 356 g/mol. The summed E-state index contributed by atoms with van der Waals surface area (Å²) in [6.07, 6.45) is 5.81. The van der Waals surface area contributed by atoms with Crippen LogP contribution in [0.3, 0.4) is 0 Å². The first kappa shape index (κ1) is 14.0. The molecule has 1 fully saturated rings. The molecule has 0 unspecified atom stereocenters. The summed E-state index contributed by atoms with van der Waals surface area (Å²) in [6.45, 7) is 5.25. The van der Waals surface area contributed by atoms with Gasteiger partial charge < -0.3 is 4.57 Å². The number of hydrogen-bond acceptors (Lipinski definition) is 3. The van der Waals surface area contributed by atoms with E-state index in [9.17, 15) is 0 Å². The molecule has 0 spiro atoms. The molecule has 1 aliphatic carbocycles. The van der Waals surface area contributed by atoms with Gasteiger partial charge in [-0.1, -0.05) is 18.5 Å². The molecule has 2 heterocycles. The summed E-state index contributed by atoms with van der Waals surface area (Å²) in [5.74, 6) is 1.72. The first-order valence-corrected chi connectivity index (χ1v) is 7.93. The molecular formula is C14H16BrClN4. The molecule has 0 bridgehead atoms. The molecule has 2 aromatic heterocycles. The fourth-order valence-corrected chi connectivity index (χ4v) is 3.67. The first-order valence-electron chi connectivity index (χ1n) is 6.76. The minimum absolute atomic E-state index is 0.0773.